The minimum Gasteiger partial charge on any atom is -0.307 e. The fourth-order valence-corrected chi connectivity index (χ4v) is 2.25. The molecule has 0 saturated carbocycles. The van der Waals surface area contributed by atoms with Crippen molar-refractivity contribution < 1.29 is 0 Å². The Balaban J connectivity index is 2.06. The maximum atomic E-state index is 4.46. The molecule has 2 heterocycles. The number of pyridine rings is 2. The van der Waals surface area contributed by atoms with Crippen molar-refractivity contribution in [2.45, 2.75) is 12.5 Å². The monoisotopic (exact) mass is 273 g/mol. The molecule has 0 amide bonds. The van der Waals surface area contributed by atoms with Crippen LogP contribution in [0.2, 0.25) is 0 Å². The molecule has 0 aliphatic heterocycles. The molecule has 2 aromatic rings. The first-order chi connectivity index (χ1) is 9.40. The molecule has 2 rings (SSSR count). The lowest BCUT2D eigenvalue weighted by atomic mass is 10.1. The number of aromatic nitrogens is 2. The van der Waals surface area contributed by atoms with E-state index in [0.717, 1.165) is 30.1 Å². The van der Waals surface area contributed by atoms with Gasteiger partial charge in [-0.05, 0) is 30.5 Å². The zero-order valence-electron chi connectivity index (χ0n) is 11.1. The molecule has 4 heteroatoms. The number of rotatable bonds is 7. The SMILES string of the molecule is CSCCNC(Cc1ccccn1)c1ccccn1. The highest BCUT2D eigenvalue weighted by Crippen LogP contribution is 2.15. The molecule has 1 atom stereocenters. The van der Waals surface area contributed by atoms with E-state index in [1.54, 1.807) is 0 Å². The molecule has 0 spiro atoms. The summed E-state index contributed by atoms with van der Waals surface area (Å²) in [6.45, 7) is 0.981. The zero-order chi connectivity index (χ0) is 13.3. The van der Waals surface area contributed by atoms with Crippen LogP contribution >= 0.6 is 11.8 Å². The first kappa shape index (κ1) is 14.0. The van der Waals surface area contributed by atoms with Crippen LogP contribution in [0.3, 0.4) is 0 Å². The van der Waals surface area contributed by atoms with Gasteiger partial charge in [0.15, 0.2) is 0 Å². The van der Waals surface area contributed by atoms with Gasteiger partial charge in [-0.1, -0.05) is 12.1 Å². The highest BCUT2D eigenvalue weighted by molar-refractivity contribution is 7.98. The minimum absolute atomic E-state index is 0.225. The second-order valence-electron chi connectivity index (χ2n) is 4.28. The van der Waals surface area contributed by atoms with Gasteiger partial charge in [-0.3, -0.25) is 9.97 Å². The Bertz CT molecular complexity index is 461. The van der Waals surface area contributed by atoms with Gasteiger partial charge in [0.1, 0.15) is 0 Å². The van der Waals surface area contributed by atoms with Crippen molar-refractivity contribution in [3.05, 3.63) is 60.2 Å². The fourth-order valence-electron chi connectivity index (χ4n) is 1.93. The van der Waals surface area contributed by atoms with Crippen LogP contribution < -0.4 is 5.32 Å². The van der Waals surface area contributed by atoms with Gasteiger partial charge in [0, 0.05) is 36.8 Å². The lowest BCUT2D eigenvalue weighted by Gasteiger charge is -2.17. The van der Waals surface area contributed by atoms with Crippen molar-refractivity contribution in [3.63, 3.8) is 0 Å². The normalized spacial score (nSPS) is 12.3. The zero-order valence-corrected chi connectivity index (χ0v) is 11.9. The molecule has 3 nitrogen and oxygen atoms in total. The molecule has 0 bridgehead atoms. The highest BCUT2D eigenvalue weighted by Gasteiger charge is 2.13. The standard InChI is InChI=1S/C15H19N3S/c1-19-11-10-18-15(14-7-3-5-9-17-14)12-13-6-2-4-8-16-13/h2-9,15,18H,10-12H2,1H3. The number of nitrogens with one attached hydrogen (secondary N) is 1. The van der Waals surface area contributed by atoms with E-state index < -0.39 is 0 Å². The second-order valence-corrected chi connectivity index (χ2v) is 5.26. The smallest absolute Gasteiger partial charge is 0.0577 e. The molecule has 0 aliphatic rings. The van der Waals surface area contributed by atoms with Crippen molar-refractivity contribution in [1.82, 2.24) is 15.3 Å². The molecule has 0 aliphatic carbocycles. The Morgan fingerprint density at radius 3 is 2.53 bits per heavy atom. The lowest BCUT2D eigenvalue weighted by Crippen LogP contribution is -2.26. The predicted molar refractivity (Wildman–Crippen MR) is 81.3 cm³/mol. The quantitative estimate of drug-likeness (QED) is 0.787. The van der Waals surface area contributed by atoms with Gasteiger partial charge in [-0.25, -0.2) is 0 Å². The van der Waals surface area contributed by atoms with Crippen LogP contribution in [0, 0.1) is 0 Å². The van der Waals surface area contributed by atoms with Gasteiger partial charge in [0.05, 0.1) is 11.7 Å². The van der Waals surface area contributed by atoms with Crippen LogP contribution in [0.5, 0.6) is 0 Å². The van der Waals surface area contributed by atoms with Crippen molar-refractivity contribution in [2.75, 3.05) is 18.6 Å². The van der Waals surface area contributed by atoms with Gasteiger partial charge in [0.25, 0.3) is 0 Å². The number of thioether (sulfide) groups is 1. The van der Waals surface area contributed by atoms with Crippen molar-refractivity contribution in [3.8, 4) is 0 Å². The van der Waals surface area contributed by atoms with Crippen LogP contribution in [0.4, 0.5) is 0 Å². The summed E-state index contributed by atoms with van der Waals surface area (Å²) in [5.41, 5.74) is 2.17. The van der Waals surface area contributed by atoms with Crippen molar-refractivity contribution in [1.29, 1.82) is 0 Å². The summed E-state index contributed by atoms with van der Waals surface area (Å²) in [6.07, 6.45) is 6.67. The molecule has 1 unspecified atom stereocenters. The summed E-state index contributed by atoms with van der Waals surface area (Å²) in [5.74, 6) is 1.10. The maximum Gasteiger partial charge on any atom is 0.0577 e. The third kappa shape index (κ3) is 4.65. The van der Waals surface area contributed by atoms with Crippen LogP contribution in [-0.4, -0.2) is 28.5 Å². The number of nitrogens with zero attached hydrogens (tertiary/aromatic N) is 2. The van der Waals surface area contributed by atoms with Crippen LogP contribution in [0.1, 0.15) is 17.4 Å². The third-order valence-corrected chi connectivity index (χ3v) is 3.49. The largest absolute Gasteiger partial charge is 0.307 e. The summed E-state index contributed by atoms with van der Waals surface area (Å²) in [4.78, 5) is 8.86. The second kappa shape index (κ2) is 7.92. The van der Waals surface area contributed by atoms with Gasteiger partial charge < -0.3 is 5.32 Å². The van der Waals surface area contributed by atoms with Crippen LogP contribution in [-0.2, 0) is 6.42 Å². The lowest BCUT2D eigenvalue weighted by molar-refractivity contribution is 0.533. The molecule has 0 aromatic carbocycles. The Hall–Kier alpha value is -1.39. The molecule has 0 radical (unpaired) electrons. The van der Waals surface area contributed by atoms with E-state index in [4.69, 9.17) is 0 Å². The number of hydrogen-bond acceptors (Lipinski definition) is 4. The predicted octanol–water partition coefficient (Wildman–Crippen LogP) is 2.71. The van der Waals surface area contributed by atoms with E-state index in [0.29, 0.717) is 0 Å². The molecule has 2 aromatic heterocycles. The van der Waals surface area contributed by atoms with Gasteiger partial charge in [-0.2, -0.15) is 11.8 Å². The summed E-state index contributed by atoms with van der Waals surface area (Å²) < 4.78 is 0. The Kier molecular flexibility index (Phi) is 5.85. The Morgan fingerprint density at radius 2 is 1.89 bits per heavy atom. The average Bonchev–Trinajstić information content (AvgIpc) is 2.48. The Morgan fingerprint density at radius 1 is 1.11 bits per heavy atom. The first-order valence-electron chi connectivity index (χ1n) is 6.43. The van der Waals surface area contributed by atoms with Gasteiger partial charge >= 0.3 is 0 Å². The summed E-state index contributed by atoms with van der Waals surface area (Å²) in [6, 6.07) is 12.3. The molecule has 1 N–H and O–H groups in total. The topological polar surface area (TPSA) is 37.8 Å². The van der Waals surface area contributed by atoms with E-state index in [9.17, 15) is 0 Å². The highest BCUT2D eigenvalue weighted by atomic mass is 32.2. The summed E-state index contributed by atoms with van der Waals surface area (Å²) in [7, 11) is 0. The van der Waals surface area contributed by atoms with E-state index in [1.165, 1.54) is 0 Å². The minimum atomic E-state index is 0.225. The van der Waals surface area contributed by atoms with Gasteiger partial charge in [0.2, 0.25) is 0 Å². The molecule has 0 saturated heterocycles. The van der Waals surface area contributed by atoms with E-state index in [2.05, 4.69) is 33.7 Å². The molecule has 100 valence electrons. The molecule has 19 heavy (non-hydrogen) atoms. The Labute approximate surface area is 118 Å². The summed E-state index contributed by atoms with van der Waals surface area (Å²) >= 11 is 1.85. The first-order valence-corrected chi connectivity index (χ1v) is 7.82. The third-order valence-electron chi connectivity index (χ3n) is 2.88. The average molecular weight is 273 g/mol. The van der Waals surface area contributed by atoms with Crippen LogP contribution in [0.25, 0.3) is 0 Å². The maximum absolute atomic E-state index is 4.46. The fraction of sp³-hybridized carbons (Fsp3) is 0.333. The van der Waals surface area contributed by atoms with E-state index in [1.807, 2.05) is 48.4 Å². The van der Waals surface area contributed by atoms with E-state index in [-0.39, 0.29) is 6.04 Å². The van der Waals surface area contributed by atoms with Crippen molar-refractivity contribution >= 4 is 11.8 Å². The van der Waals surface area contributed by atoms with E-state index >= 15 is 0 Å². The molecule has 0 fully saturated rings. The molecular weight excluding hydrogens is 254 g/mol. The van der Waals surface area contributed by atoms with Gasteiger partial charge in [-0.15, -0.1) is 0 Å². The van der Waals surface area contributed by atoms with Crippen LogP contribution in [0.15, 0.2) is 48.8 Å². The molecular formula is C15H19N3S. The number of hydrogen-bond donors (Lipinski definition) is 1. The van der Waals surface area contributed by atoms with Crippen molar-refractivity contribution in [2.24, 2.45) is 0 Å². The summed E-state index contributed by atoms with van der Waals surface area (Å²) in [5, 5.41) is 3.56.